The minimum absolute atomic E-state index is 0.246. The van der Waals surface area contributed by atoms with Crippen LogP contribution in [0.25, 0.3) is 0 Å². The summed E-state index contributed by atoms with van der Waals surface area (Å²) in [6, 6.07) is 7.01. The largest absolute Gasteiger partial charge is 0.382 e. The predicted octanol–water partition coefficient (Wildman–Crippen LogP) is 2.65. The van der Waals surface area contributed by atoms with E-state index in [9.17, 15) is 0 Å². The van der Waals surface area contributed by atoms with E-state index in [1.165, 1.54) is 4.68 Å². The van der Waals surface area contributed by atoms with Crippen LogP contribution in [0.4, 0.5) is 23.0 Å². The lowest BCUT2D eigenvalue weighted by Crippen LogP contribution is -1.97. The van der Waals surface area contributed by atoms with E-state index in [1.807, 2.05) is 0 Å². The van der Waals surface area contributed by atoms with E-state index in [0.717, 1.165) is 0 Å². The van der Waals surface area contributed by atoms with E-state index >= 15 is 0 Å². The second kappa shape index (κ2) is 4.42. The van der Waals surface area contributed by atoms with Crippen LogP contribution >= 0.6 is 11.6 Å². The van der Waals surface area contributed by atoms with E-state index in [1.54, 1.807) is 31.3 Å². The van der Waals surface area contributed by atoms with Crippen molar-refractivity contribution in [2.75, 3.05) is 11.5 Å². The molecule has 7 heteroatoms. The van der Waals surface area contributed by atoms with Crippen LogP contribution in [0.3, 0.4) is 0 Å². The number of hydrogen-bond donors (Lipinski definition) is 2. The van der Waals surface area contributed by atoms with Crippen molar-refractivity contribution in [3.8, 4) is 0 Å². The normalized spacial score (nSPS) is 11.2. The number of anilines is 2. The first-order valence-electron chi connectivity index (χ1n) is 4.83. The van der Waals surface area contributed by atoms with Crippen molar-refractivity contribution in [3.63, 3.8) is 0 Å². The van der Waals surface area contributed by atoms with Gasteiger partial charge in [-0.3, -0.25) is 0 Å². The Morgan fingerprint density at radius 3 is 2.65 bits per heavy atom. The molecule has 0 fully saturated rings. The van der Waals surface area contributed by atoms with Crippen molar-refractivity contribution in [1.82, 2.24) is 9.78 Å². The SMILES string of the molecule is Cn1nc(N)c(N=Nc2cccc(Cl)c2)c1N. The molecule has 0 aliphatic rings. The lowest BCUT2D eigenvalue weighted by atomic mass is 10.3. The second-order valence-corrected chi connectivity index (χ2v) is 3.86. The van der Waals surface area contributed by atoms with Crippen molar-refractivity contribution in [1.29, 1.82) is 0 Å². The maximum Gasteiger partial charge on any atom is 0.175 e. The zero-order valence-electron chi connectivity index (χ0n) is 9.13. The summed E-state index contributed by atoms with van der Waals surface area (Å²) >= 11 is 5.83. The van der Waals surface area contributed by atoms with Gasteiger partial charge in [0.05, 0.1) is 5.69 Å². The molecular weight excluding hydrogens is 240 g/mol. The number of rotatable bonds is 2. The van der Waals surface area contributed by atoms with Gasteiger partial charge in [-0.2, -0.15) is 10.2 Å². The van der Waals surface area contributed by atoms with Gasteiger partial charge in [0.2, 0.25) is 0 Å². The van der Waals surface area contributed by atoms with Crippen molar-refractivity contribution >= 4 is 34.6 Å². The van der Waals surface area contributed by atoms with Gasteiger partial charge in [-0.25, -0.2) is 4.68 Å². The Morgan fingerprint density at radius 2 is 2.06 bits per heavy atom. The molecule has 0 bridgehead atoms. The van der Waals surface area contributed by atoms with Crippen LogP contribution in [0.15, 0.2) is 34.5 Å². The highest BCUT2D eigenvalue weighted by Gasteiger charge is 2.09. The molecule has 2 rings (SSSR count). The van der Waals surface area contributed by atoms with Gasteiger partial charge in [0, 0.05) is 12.1 Å². The number of nitrogen functional groups attached to an aromatic ring is 2. The Labute approximate surface area is 103 Å². The van der Waals surface area contributed by atoms with E-state index in [-0.39, 0.29) is 5.82 Å². The Balaban J connectivity index is 2.32. The number of benzene rings is 1. The molecule has 4 N–H and O–H groups in total. The molecule has 88 valence electrons. The average molecular weight is 251 g/mol. The summed E-state index contributed by atoms with van der Waals surface area (Å²) < 4.78 is 1.45. The van der Waals surface area contributed by atoms with Gasteiger partial charge in [0.15, 0.2) is 17.3 Å². The van der Waals surface area contributed by atoms with Gasteiger partial charge >= 0.3 is 0 Å². The summed E-state index contributed by atoms with van der Waals surface area (Å²) in [5.41, 5.74) is 12.4. The molecule has 1 heterocycles. The zero-order valence-corrected chi connectivity index (χ0v) is 9.89. The van der Waals surface area contributed by atoms with E-state index in [2.05, 4.69) is 15.3 Å². The Morgan fingerprint density at radius 1 is 1.29 bits per heavy atom. The number of aromatic nitrogens is 2. The second-order valence-electron chi connectivity index (χ2n) is 3.42. The lowest BCUT2D eigenvalue weighted by Gasteiger charge is -1.94. The van der Waals surface area contributed by atoms with E-state index in [4.69, 9.17) is 23.1 Å². The monoisotopic (exact) mass is 250 g/mol. The summed E-state index contributed by atoms with van der Waals surface area (Å²) in [7, 11) is 1.68. The highest BCUT2D eigenvalue weighted by Crippen LogP contribution is 2.30. The third kappa shape index (κ3) is 2.36. The number of aryl methyl sites for hydroxylation is 1. The number of nitrogens with zero attached hydrogens (tertiary/aromatic N) is 4. The molecule has 0 atom stereocenters. The van der Waals surface area contributed by atoms with Gasteiger partial charge < -0.3 is 11.5 Å². The summed E-state index contributed by atoms with van der Waals surface area (Å²) in [6.07, 6.45) is 0. The molecule has 0 saturated heterocycles. The first-order chi connectivity index (χ1) is 8.08. The van der Waals surface area contributed by atoms with Crippen LogP contribution in [0.1, 0.15) is 0 Å². The molecule has 0 aliphatic heterocycles. The molecule has 0 spiro atoms. The smallest absolute Gasteiger partial charge is 0.175 e. The first kappa shape index (κ1) is 11.4. The molecule has 1 aromatic heterocycles. The van der Waals surface area contributed by atoms with Gasteiger partial charge in [0.25, 0.3) is 0 Å². The maximum absolute atomic E-state index is 5.83. The summed E-state index contributed by atoms with van der Waals surface area (Å²) in [5, 5.41) is 12.5. The van der Waals surface area contributed by atoms with Crippen LogP contribution in [0, 0.1) is 0 Å². The van der Waals surface area contributed by atoms with Crippen LogP contribution in [0.5, 0.6) is 0 Å². The summed E-state index contributed by atoms with van der Waals surface area (Å²) in [6.45, 7) is 0. The number of azo groups is 1. The van der Waals surface area contributed by atoms with Crippen LogP contribution in [-0.2, 0) is 7.05 Å². The third-order valence-electron chi connectivity index (χ3n) is 2.17. The molecule has 0 radical (unpaired) electrons. The summed E-state index contributed by atoms with van der Waals surface area (Å²) in [5.74, 6) is 0.615. The van der Waals surface area contributed by atoms with Crippen molar-refractivity contribution < 1.29 is 0 Å². The predicted molar refractivity (Wildman–Crippen MR) is 67.7 cm³/mol. The first-order valence-corrected chi connectivity index (χ1v) is 5.21. The minimum atomic E-state index is 0.246. The highest BCUT2D eigenvalue weighted by atomic mass is 35.5. The fourth-order valence-corrected chi connectivity index (χ4v) is 1.48. The standard InChI is InChI=1S/C10H11ClN6/c1-17-10(13)8(9(12)16-17)15-14-7-4-2-3-6(11)5-7/h2-5H,13H2,1H3,(H2,12,16). The number of halogens is 1. The zero-order chi connectivity index (χ0) is 12.4. The highest BCUT2D eigenvalue weighted by molar-refractivity contribution is 6.30. The molecular formula is C10H11ClN6. The Hall–Kier alpha value is -2.08. The molecule has 1 aromatic carbocycles. The fraction of sp³-hybridized carbons (Fsp3) is 0.100. The van der Waals surface area contributed by atoms with E-state index in [0.29, 0.717) is 22.2 Å². The molecule has 6 nitrogen and oxygen atoms in total. The molecule has 2 aromatic rings. The molecule has 17 heavy (non-hydrogen) atoms. The lowest BCUT2D eigenvalue weighted by molar-refractivity contribution is 0.783. The van der Waals surface area contributed by atoms with Crippen LogP contribution in [0.2, 0.25) is 5.02 Å². The quantitative estimate of drug-likeness (QED) is 0.802. The van der Waals surface area contributed by atoms with Crippen molar-refractivity contribution in [2.24, 2.45) is 17.3 Å². The third-order valence-corrected chi connectivity index (χ3v) is 2.40. The van der Waals surface area contributed by atoms with Gasteiger partial charge in [-0.1, -0.05) is 17.7 Å². The molecule has 0 unspecified atom stereocenters. The average Bonchev–Trinajstić information content (AvgIpc) is 2.51. The maximum atomic E-state index is 5.83. The number of nitrogens with two attached hydrogens (primary N) is 2. The molecule has 0 aliphatic carbocycles. The Bertz CT molecular complexity index is 574. The van der Waals surface area contributed by atoms with Crippen molar-refractivity contribution in [3.05, 3.63) is 29.3 Å². The van der Waals surface area contributed by atoms with Gasteiger partial charge in [-0.15, -0.1) is 5.11 Å². The topological polar surface area (TPSA) is 94.6 Å². The Kier molecular flexibility index (Phi) is 2.97. The van der Waals surface area contributed by atoms with E-state index < -0.39 is 0 Å². The van der Waals surface area contributed by atoms with Crippen LogP contribution in [-0.4, -0.2) is 9.78 Å². The van der Waals surface area contributed by atoms with Crippen molar-refractivity contribution in [2.45, 2.75) is 0 Å². The summed E-state index contributed by atoms with van der Waals surface area (Å²) in [4.78, 5) is 0. The molecule has 0 amide bonds. The van der Waals surface area contributed by atoms with Gasteiger partial charge in [-0.05, 0) is 18.2 Å². The number of hydrogen-bond acceptors (Lipinski definition) is 5. The fourth-order valence-electron chi connectivity index (χ4n) is 1.30. The minimum Gasteiger partial charge on any atom is -0.382 e. The van der Waals surface area contributed by atoms with Crippen LogP contribution < -0.4 is 11.5 Å². The van der Waals surface area contributed by atoms with Gasteiger partial charge in [0.1, 0.15) is 0 Å². The molecule has 0 saturated carbocycles.